The minimum absolute atomic E-state index is 0.00836. The summed E-state index contributed by atoms with van der Waals surface area (Å²) in [4.78, 5) is 19.6. The Hall–Kier alpha value is -1.56. The van der Waals surface area contributed by atoms with Crippen LogP contribution in [0.4, 0.5) is 4.79 Å². The molecule has 1 unspecified atom stereocenters. The largest absolute Gasteiger partial charge is 0.444 e. The minimum Gasteiger partial charge on any atom is -0.444 e. The average molecular weight is 281 g/mol. The number of ether oxygens (including phenoxy) is 2. The van der Waals surface area contributed by atoms with Crippen LogP contribution in [0.3, 0.4) is 0 Å². The van der Waals surface area contributed by atoms with Gasteiger partial charge in [-0.15, -0.1) is 0 Å². The third-order valence-electron chi connectivity index (χ3n) is 3.12. The first-order valence-corrected chi connectivity index (χ1v) is 7.00. The zero-order chi connectivity index (χ0) is 14.9. The van der Waals surface area contributed by atoms with Crippen molar-refractivity contribution >= 4 is 6.09 Å². The van der Waals surface area contributed by atoms with Gasteiger partial charge in [-0.2, -0.15) is 0 Å². The number of alkyl carbamates (subject to hydrolysis) is 1. The number of amides is 1. The monoisotopic (exact) mass is 281 g/mol. The smallest absolute Gasteiger partial charge is 0.408 e. The molecule has 0 aliphatic carbocycles. The van der Waals surface area contributed by atoms with E-state index in [1.54, 1.807) is 0 Å². The number of fused-ring (bicyclic) bond motifs is 1. The zero-order valence-corrected chi connectivity index (χ0v) is 12.7. The number of aromatic amines is 1. The van der Waals surface area contributed by atoms with E-state index in [0.29, 0.717) is 6.61 Å². The quantitative estimate of drug-likeness (QED) is 0.893. The van der Waals surface area contributed by atoms with Crippen LogP contribution in [0, 0.1) is 0 Å². The second kappa shape index (κ2) is 5.44. The lowest BCUT2D eigenvalue weighted by molar-refractivity contribution is 0.0499. The topological polar surface area (TPSA) is 76.2 Å². The number of H-pyrrole nitrogens is 1. The van der Waals surface area contributed by atoms with Crippen LogP contribution in [-0.2, 0) is 16.1 Å². The van der Waals surface area contributed by atoms with Gasteiger partial charge in [0.2, 0.25) is 0 Å². The molecule has 6 heteroatoms. The molecule has 2 heterocycles. The van der Waals surface area contributed by atoms with E-state index in [1.165, 1.54) is 0 Å². The highest BCUT2D eigenvalue weighted by molar-refractivity contribution is 5.68. The second-order valence-corrected chi connectivity index (χ2v) is 6.05. The van der Waals surface area contributed by atoms with Gasteiger partial charge in [0.1, 0.15) is 11.4 Å². The summed E-state index contributed by atoms with van der Waals surface area (Å²) in [5.74, 6) is 0.763. The number of carbonyl (C=O) groups is 1. The molecule has 0 bridgehead atoms. The molecule has 20 heavy (non-hydrogen) atoms. The number of nitrogens with zero attached hydrogens (tertiary/aromatic N) is 1. The van der Waals surface area contributed by atoms with Crippen LogP contribution >= 0.6 is 0 Å². The molecule has 1 aromatic heterocycles. The maximum atomic E-state index is 11.8. The summed E-state index contributed by atoms with van der Waals surface area (Å²) < 4.78 is 10.7. The Kier molecular flexibility index (Phi) is 4.04. The fraction of sp³-hybridized carbons (Fsp3) is 0.714. The molecule has 0 saturated heterocycles. The summed E-state index contributed by atoms with van der Waals surface area (Å²) in [5.41, 5.74) is 1.43. The van der Waals surface area contributed by atoms with Crippen LogP contribution < -0.4 is 5.32 Å². The zero-order valence-electron chi connectivity index (χ0n) is 12.7. The highest BCUT2D eigenvalue weighted by Crippen LogP contribution is 2.29. The number of hydrogen-bond donors (Lipinski definition) is 2. The first kappa shape index (κ1) is 14.8. The molecule has 1 aliphatic rings. The van der Waals surface area contributed by atoms with Crippen LogP contribution in [0.2, 0.25) is 0 Å². The standard InChI is InChI=1S/C14H23N3O3/c1-6-9(16-13(18)20-14(3,4)5)12-15-10-7-19-8(2)11(10)17-12/h8-9H,6-7H2,1-5H3,(H,15,17)(H,16,18)/t8?,9-/m0/s1. The van der Waals surface area contributed by atoms with Crippen LogP contribution in [0.25, 0.3) is 0 Å². The number of aromatic nitrogens is 2. The van der Waals surface area contributed by atoms with Crippen molar-refractivity contribution in [3.05, 3.63) is 17.2 Å². The van der Waals surface area contributed by atoms with Crippen molar-refractivity contribution in [2.75, 3.05) is 0 Å². The van der Waals surface area contributed by atoms with Gasteiger partial charge in [0.05, 0.1) is 30.1 Å². The van der Waals surface area contributed by atoms with Gasteiger partial charge in [-0.1, -0.05) is 6.92 Å². The first-order valence-electron chi connectivity index (χ1n) is 7.00. The molecule has 112 valence electrons. The van der Waals surface area contributed by atoms with Gasteiger partial charge in [0.15, 0.2) is 0 Å². The van der Waals surface area contributed by atoms with Gasteiger partial charge in [-0.3, -0.25) is 0 Å². The third-order valence-corrected chi connectivity index (χ3v) is 3.12. The van der Waals surface area contributed by atoms with Gasteiger partial charge < -0.3 is 19.8 Å². The highest BCUT2D eigenvalue weighted by Gasteiger charge is 2.27. The van der Waals surface area contributed by atoms with E-state index in [1.807, 2.05) is 34.6 Å². The minimum atomic E-state index is -0.504. The van der Waals surface area contributed by atoms with Crippen LogP contribution in [0.1, 0.15) is 70.4 Å². The third kappa shape index (κ3) is 3.30. The van der Waals surface area contributed by atoms with E-state index < -0.39 is 11.7 Å². The average Bonchev–Trinajstić information content (AvgIpc) is 2.87. The molecule has 0 spiro atoms. The number of carbonyl (C=O) groups excluding carboxylic acids is 1. The molecule has 2 rings (SSSR count). The Labute approximate surface area is 119 Å². The SMILES string of the molecule is CC[C@H](NC(=O)OC(C)(C)C)c1nc2c([nH]1)COC2C. The maximum Gasteiger partial charge on any atom is 0.408 e. The van der Waals surface area contributed by atoms with Crippen molar-refractivity contribution in [1.82, 2.24) is 15.3 Å². The lowest BCUT2D eigenvalue weighted by Gasteiger charge is -2.22. The first-order chi connectivity index (χ1) is 9.30. The molecule has 0 radical (unpaired) electrons. The van der Waals surface area contributed by atoms with Gasteiger partial charge in [-0.05, 0) is 34.1 Å². The lowest BCUT2D eigenvalue weighted by atomic mass is 10.2. The van der Waals surface area contributed by atoms with Gasteiger partial charge in [-0.25, -0.2) is 9.78 Å². The summed E-state index contributed by atoms with van der Waals surface area (Å²) in [5, 5.41) is 2.85. The Bertz CT molecular complexity index is 490. The normalized spacial score (nSPS) is 19.6. The Morgan fingerprint density at radius 3 is 2.85 bits per heavy atom. The molecule has 1 aromatic rings. The maximum absolute atomic E-state index is 11.8. The summed E-state index contributed by atoms with van der Waals surface area (Å²) in [6, 6.07) is -0.178. The summed E-state index contributed by atoms with van der Waals surface area (Å²) in [7, 11) is 0. The van der Waals surface area contributed by atoms with Crippen LogP contribution in [0.5, 0.6) is 0 Å². The molecule has 2 atom stereocenters. The predicted molar refractivity (Wildman–Crippen MR) is 74.2 cm³/mol. The Balaban J connectivity index is 2.05. The van der Waals surface area contributed by atoms with E-state index in [9.17, 15) is 4.79 Å². The van der Waals surface area contributed by atoms with Crippen molar-refractivity contribution in [3.8, 4) is 0 Å². The van der Waals surface area contributed by atoms with Gasteiger partial charge in [0, 0.05) is 0 Å². The van der Waals surface area contributed by atoms with E-state index in [-0.39, 0.29) is 12.1 Å². The molecule has 0 fully saturated rings. The van der Waals surface area contributed by atoms with Crippen LogP contribution in [-0.4, -0.2) is 21.7 Å². The van der Waals surface area contributed by atoms with Gasteiger partial charge >= 0.3 is 6.09 Å². The van der Waals surface area contributed by atoms with Crippen molar-refractivity contribution < 1.29 is 14.3 Å². The summed E-state index contributed by atoms with van der Waals surface area (Å²) in [6.45, 7) is 10.0. The van der Waals surface area contributed by atoms with Gasteiger partial charge in [0.25, 0.3) is 0 Å². The van der Waals surface area contributed by atoms with Crippen molar-refractivity contribution in [3.63, 3.8) is 0 Å². The highest BCUT2D eigenvalue weighted by atomic mass is 16.6. The molecule has 0 saturated carbocycles. The number of hydrogen-bond acceptors (Lipinski definition) is 4. The molecular formula is C14H23N3O3. The van der Waals surface area contributed by atoms with Crippen molar-refractivity contribution in [1.29, 1.82) is 0 Å². The molecule has 2 N–H and O–H groups in total. The molecule has 1 amide bonds. The van der Waals surface area contributed by atoms with Crippen LogP contribution in [0.15, 0.2) is 0 Å². The van der Waals surface area contributed by atoms with E-state index in [0.717, 1.165) is 23.6 Å². The fourth-order valence-electron chi connectivity index (χ4n) is 2.16. The number of imidazole rings is 1. The van der Waals surface area contributed by atoms with Crippen molar-refractivity contribution in [2.45, 2.75) is 65.4 Å². The number of rotatable bonds is 3. The molecular weight excluding hydrogens is 258 g/mol. The predicted octanol–water partition coefficient (Wildman–Crippen LogP) is 2.98. The second-order valence-electron chi connectivity index (χ2n) is 6.05. The lowest BCUT2D eigenvalue weighted by Crippen LogP contribution is -2.35. The Morgan fingerprint density at radius 2 is 2.30 bits per heavy atom. The summed E-state index contributed by atoms with van der Waals surface area (Å²) >= 11 is 0. The molecule has 0 aromatic carbocycles. The van der Waals surface area contributed by atoms with E-state index in [4.69, 9.17) is 9.47 Å². The molecule has 1 aliphatic heterocycles. The summed E-state index contributed by atoms with van der Waals surface area (Å²) in [6.07, 6.45) is 0.320. The number of nitrogens with one attached hydrogen (secondary N) is 2. The molecule has 6 nitrogen and oxygen atoms in total. The van der Waals surface area contributed by atoms with Crippen molar-refractivity contribution in [2.24, 2.45) is 0 Å². The van der Waals surface area contributed by atoms with E-state index in [2.05, 4.69) is 15.3 Å². The fourth-order valence-corrected chi connectivity index (χ4v) is 2.16. The van der Waals surface area contributed by atoms with E-state index >= 15 is 0 Å². The Morgan fingerprint density at radius 1 is 1.60 bits per heavy atom.